The van der Waals surface area contributed by atoms with Crippen LogP contribution in [-0.4, -0.2) is 23.3 Å². The van der Waals surface area contributed by atoms with E-state index in [0.29, 0.717) is 17.8 Å². The molecule has 2 aromatic rings. The number of carbonyl (C=O) groups excluding carboxylic acids is 1. The molecule has 1 heterocycles. The average molecular weight is 272 g/mol. The number of hydrogen-bond acceptors (Lipinski definition) is 6. The molecule has 2 rings (SSSR count). The van der Waals surface area contributed by atoms with Crippen LogP contribution in [0.25, 0.3) is 0 Å². The van der Waals surface area contributed by atoms with Crippen molar-refractivity contribution < 1.29 is 9.53 Å². The zero-order valence-electron chi connectivity index (χ0n) is 11.4. The molecule has 3 N–H and O–H groups in total. The first-order chi connectivity index (χ1) is 9.61. The second-order valence-electron chi connectivity index (χ2n) is 4.31. The SMILES string of the molecule is COC(=O)c1cc(NCc2cccnn2)cc(C)c1N. The Morgan fingerprint density at radius 1 is 1.45 bits per heavy atom. The zero-order valence-corrected chi connectivity index (χ0v) is 11.4. The Balaban J connectivity index is 2.20. The predicted molar refractivity (Wildman–Crippen MR) is 76.3 cm³/mol. The Labute approximate surface area is 117 Å². The van der Waals surface area contributed by atoms with E-state index in [1.165, 1.54) is 7.11 Å². The van der Waals surface area contributed by atoms with Crippen LogP contribution in [0.4, 0.5) is 11.4 Å². The lowest BCUT2D eigenvalue weighted by atomic mass is 10.1. The van der Waals surface area contributed by atoms with E-state index in [0.717, 1.165) is 16.9 Å². The van der Waals surface area contributed by atoms with E-state index in [1.807, 2.05) is 25.1 Å². The smallest absolute Gasteiger partial charge is 0.340 e. The van der Waals surface area contributed by atoms with Gasteiger partial charge in [0.15, 0.2) is 0 Å². The molecule has 0 bridgehead atoms. The van der Waals surface area contributed by atoms with E-state index >= 15 is 0 Å². The molecule has 0 radical (unpaired) electrons. The second-order valence-corrected chi connectivity index (χ2v) is 4.31. The Hall–Kier alpha value is -2.63. The van der Waals surface area contributed by atoms with E-state index < -0.39 is 5.97 Å². The summed E-state index contributed by atoms with van der Waals surface area (Å²) in [7, 11) is 1.33. The number of carbonyl (C=O) groups is 1. The summed E-state index contributed by atoms with van der Waals surface area (Å²) in [4.78, 5) is 11.7. The monoisotopic (exact) mass is 272 g/mol. The standard InChI is InChI=1S/C14H16N4O2/c1-9-6-11(7-12(13(9)15)14(19)20-2)16-8-10-4-3-5-17-18-10/h3-7,16H,8,15H2,1-2H3. The molecule has 0 aliphatic rings. The second kappa shape index (κ2) is 6.01. The molecule has 0 spiro atoms. The number of aromatic nitrogens is 2. The summed E-state index contributed by atoms with van der Waals surface area (Å²) in [6.45, 7) is 2.35. The lowest BCUT2D eigenvalue weighted by molar-refractivity contribution is 0.0602. The first kappa shape index (κ1) is 13.8. The van der Waals surface area contributed by atoms with Crippen LogP contribution in [0.1, 0.15) is 21.6 Å². The summed E-state index contributed by atoms with van der Waals surface area (Å²) in [5.41, 5.74) is 9.07. The number of anilines is 2. The maximum absolute atomic E-state index is 11.7. The number of hydrogen-bond donors (Lipinski definition) is 2. The minimum atomic E-state index is -0.450. The number of nitrogens with two attached hydrogens (primary N) is 1. The molecule has 104 valence electrons. The Kier molecular flexibility index (Phi) is 4.14. The largest absolute Gasteiger partial charge is 0.465 e. The summed E-state index contributed by atoms with van der Waals surface area (Å²) in [5, 5.41) is 11.0. The fraction of sp³-hybridized carbons (Fsp3) is 0.214. The van der Waals surface area contributed by atoms with Crippen LogP contribution in [0.2, 0.25) is 0 Å². The highest BCUT2D eigenvalue weighted by Gasteiger charge is 2.13. The van der Waals surface area contributed by atoms with Crippen molar-refractivity contribution in [3.05, 3.63) is 47.3 Å². The summed E-state index contributed by atoms with van der Waals surface area (Å²) in [6, 6.07) is 7.23. The maximum atomic E-state index is 11.7. The van der Waals surface area contributed by atoms with Crippen LogP contribution in [-0.2, 0) is 11.3 Å². The molecule has 0 saturated heterocycles. The highest BCUT2D eigenvalue weighted by atomic mass is 16.5. The summed E-state index contributed by atoms with van der Waals surface area (Å²) in [6.07, 6.45) is 1.62. The van der Waals surface area contributed by atoms with Crippen molar-refractivity contribution in [3.8, 4) is 0 Å². The Morgan fingerprint density at radius 2 is 2.25 bits per heavy atom. The van der Waals surface area contributed by atoms with E-state index in [4.69, 9.17) is 10.5 Å². The number of esters is 1. The Bertz CT molecular complexity index is 614. The van der Waals surface area contributed by atoms with Crippen LogP contribution in [0.15, 0.2) is 30.5 Å². The molecule has 0 aliphatic carbocycles. The predicted octanol–water partition coefficient (Wildman–Crippen LogP) is 1.77. The summed E-state index contributed by atoms with van der Waals surface area (Å²) >= 11 is 0. The minimum Gasteiger partial charge on any atom is -0.465 e. The summed E-state index contributed by atoms with van der Waals surface area (Å²) in [5.74, 6) is -0.450. The molecule has 0 atom stereocenters. The number of methoxy groups -OCH3 is 1. The molecule has 6 heteroatoms. The number of nitrogen functional groups attached to an aromatic ring is 1. The number of aryl methyl sites for hydroxylation is 1. The highest BCUT2D eigenvalue weighted by molar-refractivity contribution is 5.97. The van der Waals surface area contributed by atoms with Gasteiger partial charge in [0.2, 0.25) is 0 Å². The molecular formula is C14H16N4O2. The van der Waals surface area contributed by atoms with Crippen molar-refractivity contribution in [2.24, 2.45) is 0 Å². The van der Waals surface area contributed by atoms with Crippen molar-refractivity contribution in [2.45, 2.75) is 13.5 Å². The molecular weight excluding hydrogens is 256 g/mol. The lowest BCUT2D eigenvalue weighted by Crippen LogP contribution is -2.09. The van der Waals surface area contributed by atoms with Crippen LogP contribution < -0.4 is 11.1 Å². The zero-order chi connectivity index (χ0) is 14.5. The van der Waals surface area contributed by atoms with Gasteiger partial charge in [0.25, 0.3) is 0 Å². The van der Waals surface area contributed by atoms with Gasteiger partial charge in [-0.15, -0.1) is 0 Å². The normalized spacial score (nSPS) is 10.1. The average Bonchev–Trinajstić information content (AvgIpc) is 2.48. The van der Waals surface area contributed by atoms with Gasteiger partial charge < -0.3 is 15.8 Å². The molecule has 20 heavy (non-hydrogen) atoms. The molecule has 1 aromatic carbocycles. The van der Waals surface area contributed by atoms with Gasteiger partial charge in [-0.25, -0.2) is 4.79 Å². The van der Waals surface area contributed by atoms with Gasteiger partial charge in [0.1, 0.15) is 0 Å². The van der Waals surface area contributed by atoms with Gasteiger partial charge in [-0.3, -0.25) is 0 Å². The lowest BCUT2D eigenvalue weighted by Gasteiger charge is -2.12. The van der Waals surface area contributed by atoms with Crippen LogP contribution in [0, 0.1) is 6.92 Å². The summed E-state index contributed by atoms with van der Waals surface area (Å²) < 4.78 is 4.72. The van der Waals surface area contributed by atoms with Gasteiger partial charge in [-0.05, 0) is 36.8 Å². The van der Waals surface area contributed by atoms with E-state index in [1.54, 1.807) is 12.3 Å². The van der Waals surface area contributed by atoms with Crippen LogP contribution >= 0.6 is 0 Å². The van der Waals surface area contributed by atoms with E-state index in [9.17, 15) is 4.79 Å². The number of nitrogens with zero attached hydrogens (tertiary/aromatic N) is 2. The number of ether oxygens (including phenoxy) is 1. The third-order valence-corrected chi connectivity index (χ3v) is 2.89. The van der Waals surface area contributed by atoms with Crippen LogP contribution in [0.5, 0.6) is 0 Å². The van der Waals surface area contributed by atoms with Crippen molar-refractivity contribution in [1.29, 1.82) is 0 Å². The quantitative estimate of drug-likeness (QED) is 0.651. The molecule has 0 aliphatic heterocycles. The topological polar surface area (TPSA) is 90.1 Å². The molecule has 1 aromatic heterocycles. The molecule has 0 amide bonds. The number of nitrogens with one attached hydrogen (secondary N) is 1. The van der Waals surface area contributed by atoms with E-state index in [2.05, 4.69) is 15.5 Å². The fourth-order valence-corrected chi connectivity index (χ4v) is 1.80. The molecule has 0 unspecified atom stereocenters. The first-order valence-electron chi connectivity index (χ1n) is 6.10. The van der Waals surface area contributed by atoms with Gasteiger partial charge in [0, 0.05) is 17.6 Å². The van der Waals surface area contributed by atoms with E-state index in [-0.39, 0.29) is 0 Å². The van der Waals surface area contributed by atoms with Gasteiger partial charge in [-0.1, -0.05) is 0 Å². The van der Waals surface area contributed by atoms with Crippen molar-refractivity contribution >= 4 is 17.3 Å². The van der Waals surface area contributed by atoms with Crippen LogP contribution in [0.3, 0.4) is 0 Å². The Morgan fingerprint density at radius 3 is 2.90 bits per heavy atom. The van der Waals surface area contributed by atoms with Crippen molar-refractivity contribution in [2.75, 3.05) is 18.2 Å². The van der Waals surface area contributed by atoms with Gasteiger partial charge in [-0.2, -0.15) is 10.2 Å². The van der Waals surface area contributed by atoms with Gasteiger partial charge in [0.05, 0.1) is 24.9 Å². The number of benzene rings is 1. The number of rotatable bonds is 4. The molecule has 0 fully saturated rings. The van der Waals surface area contributed by atoms with Crippen molar-refractivity contribution in [3.63, 3.8) is 0 Å². The third kappa shape index (κ3) is 3.03. The maximum Gasteiger partial charge on any atom is 0.340 e. The van der Waals surface area contributed by atoms with Gasteiger partial charge >= 0.3 is 5.97 Å². The minimum absolute atomic E-state index is 0.356. The first-order valence-corrected chi connectivity index (χ1v) is 6.10. The molecule has 6 nitrogen and oxygen atoms in total. The third-order valence-electron chi connectivity index (χ3n) is 2.89. The fourth-order valence-electron chi connectivity index (χ4n) is 1.80. The highest BCUT2D eigenvalue weighted by Crippen LogP contribution is 2.23. The van der Waals surface area contributed by atoms with Crippen molar-refractivity contribution in [1.82, 2.24) is 10.2 Å². The molecule has 0 saturated carbocycles.